The summed E-state index contributed by atoms with van der Waals surface area (Å²) in [4.78, 5) is 2.36. The lowest BCUT2D eigenvalue weighted by atomic mass is 10.1. The first-order chi connectivity index (χ1) is 8.20. The van der Waals surface area contributed by atoms with Crippen LogP contribution in [0, 0.1) is 6.92 Å². The van der Waals surface area contributed by atoms with Crippen molar-refractivity contribution in [3.63, 3.8) is 0 Å². The lowest BCUT2D eigenvalue weighted by molar-refractivity contribution is 0.244. The van der Waals surface area contributed by atoms with Gasteiger partial charge in [0.25, 0.3) is 0 Å². The van der Waals surface area contributed by atoms with E-state index in [1.165, 1.54) is 22.2 Å². The Morgan fingerprint density at radius 2 is 2.12 bits per heavy atom. The van der Waals surface area contributed by atoms with Gasteiger partial charge in [-0.05, 0) is 37.7 Å². The van der Waals surface area contributed by atoms with E-state index in [-0.39, 0.29) is 0 Å². The number of benzene rings is 1. The van der Waals surface area contributed by atoms with Crippen LogP contribution in [0.2, 0.25) is 0 Å². The fourth-order valence-corrected chi connectivity index (χ4v) is 2.77. The third-order valence-corrected chi connectivity index (χ3v) is 3.77. The van der Waals surface area contributed by atoms with E-state index in [0.29, 0.717) is 0 Å². The van der Waals surface area contributed by atoms with Gasteiger partial charge in [-0.15, -0.1) is 0 Å². The first-order valence-electron chi connectivity index (χ1n) is 6.05. The van der Waals surface area contributed by atoms with Crippen molar-refractivity contribution < 1.29 is 4.74 Å². The summed E-state index contributed by atoms with van der Waals surface area (Å²) in [5.41, 5.74) is 4.21. The minimum absolute atomic E-state index is 0.942. The minimum atomic E-state index is 0.942. The van der Waals surface area contributed by atoms with Gasteiger partial charge in [-0.3, -0.25) is 4.90 Å². The third kappa shape index (κ3) is 1.53. The van der Waals surface area contributed by atoms with Crippen molar-refractivity contribution in [3.8, 4) is 5.75 Å². The number of methoxy groups -OCH3 is 1. The van der Waals surface area contributed by atoms with Gasteiger partial charge < -0.3 is 9.30 Å². The van der Waals surface area contributed by atoms with Crippen LogP contribution in [0.4, 0.5) is 0 Å². The van der Waals surface area contributed by atoms with Crippen molar-refractivity contribution in [1.82, 2.24) is 9.47 Å². The summed E-state index contributed by atoms with van der Waals surface area (Å²) in [7, 11) is 3.90. The standard InChI is InChI=1S/C14H18N2O/c1-10-12-8-11(17-3)4-5-14(12)16-9-15(2)7-6-13(10)16/h4-5,8H,6-7,9H2,1-3H3. The monoisotopic (exact) mass is 230 g/mol. The van der Waals surface area contributed by atoms with E-state index >= 15 is 0 Å². The van der Waals surface area contributed by atoms with Crippen LogP contribution in [-0.4, -0.2) is 30.2 Å². The fraction of sp³-hybridized carbons (Fsp3) is 0.429. The molecule has 2 aromatic rings. The van der Waals surface area contributed by atoms with Gasteiger partial charge in [0.2, 0.25) is 0 Å². The number of rotatable bonds is 1. The van der Waals surface area contributed by atoms with E-state index in [1.54, 1.807) is 7.11 Å². The lowest BCUT2D eigenvalue weighted by Crippen LogP contribution is -2.30. The molecule has 0 spiro atoms. The molecule has 3 nitrogen and oxygen atoms in total. The van der Waals surface area contributed by atoms with Crippen molar-refractivity contribution in [3.05, 3.63) is 29.5 Å². The molecule has 0 saturated carbocycles. The van der Waals surface area contributed by atoms with Crippen LogP contribution in [-0.2, 0) is 13.1 Å². The number of fused-ring (bicyclic) bond motifs is 3. The number of hydrogen-bond acceptors (Lipinski definition) is 2. The van der Waals surface area contributed by atoms with Gasteiger partial charge in [-0.25, -0.2) is 0 Å². The minimum Gasteiger partial charge on any atom is -0.497 e. The first-order valence-corrected chi connectivity index (χ1v) is 6.05. The summed E-state index contributed by atoms with van der Waals surface area (Å²) in [6.45, 7) is 4.36. The summed E-state index contributed by atoms with van der Waals surface area (Å²) < 4.78 is 7.73. The number of nitrogens with zero attached hydrogens (tertiary/aromatic N) is 2. The largest absolute Gasteiger partial charge is 0.497 e. The highest BCUT2D eigenvalue weighted by Crippen LogP contribution is 2.31. The fourth-order valence-electron chi connectivity index (χ4n) is 2.77. The number of hydrogen-bond donors (Lipinski definition) is 0. The molecule has 0 aliphatic carbocycles. The van der Waals surface area contributed by atoms with Gasteiger partial charge in [0.05, 0.1) is 13.8 Å². The van der Waals surface area contributed by atoms with Gasteiger partial charge in [0.1, 0.15) is 5.75 Å². The molecule has 1 aromatic heterocycles. The lowest BCUT2D eigenvalue weighted by Gasteiger charge is -2.26. The number of likely N-dealkylation sites (N-methyl/N-ethyl adjacent to an activating group) is 1. The highest BCUT2D eigenvalue weighted by Gasteiger charge is 2.19. The van der Waals surface area contributed by atoms with E-state index in [9.17, 15) is 0 Å². The zero-order chi connectivity index (χ0) is 12.0. The molecule has 1 aliphatic rings. The van der Waals surface area contributed by atoms with Crippen LogP contribution in [0.3, 0.4) is 0 Å². The Balaban J connectivity index is 2.26. The Labute approximate surface area is 102 Å². The van der Waals surface area contributed by atoms with Crippen molar-refractivity contribution in [1.29, 1.82) is 0 Å². The zero-order valence-electron chi connectivity index (χ0n) is 10.7. The molecule has 1 aliphatic heterocycles. The maximum atomic E-state index is 5.31. The molecule has 0 bridgehead atoms. The van der Waals surface area contributed by atoms with Crippen LogP contribution in [0.5, 0.6) is 5.75 Å². The molecule has 0 unspecified atom stereocenters. The molecule has 0 amide bonds. The Morgan fingerprint density at radius 3 is 2.88 bits per heavy atom. The summed E-state index contributed by atoms with van der Waals surface area (Å²) in [6.07, 6.45) is 1.14. The molecule has 0 radical (unpaired) electrons. The molecule has 0 saturated heterocycles. The van der Waals surface area contributed by atoms with Crippen LogP contribution in [0.25, 0.3) is 10.9 Å². The normalized spacial score (nSPS) is 16.2. The maximum absolute atomic E-state index is 5.31. The highest BCUT2D eigenvalue weighted by atomic mass is 16.5. The second kappa shape index (κ2) is 3.77. The van der Waals surface area contributed by atoms with E-state index in [4.69, 9.17) is 4.74 Å². The Hall–Kier alpha value is -1.48. The Bertz CT molecular complexity index is 571. The predicted octanol–water partition coefficient (Wildman–Crippen LogP) is 2.40. The first kappa shape index (κ1) is 10.7. The van der Waals surface area contributed by atoms with Crippen molar-refractivity contribution in [2.45, 2.75) is 20.0 Å². The molecule has 0 atom stereocenters. The van der Waals surface area contributed by atoms with E-state index < -0.39 is 0 Å². The average Bonchev–Trinajstić information content (AvgIpc) is 2.62. The zero-order valence-corrected chi connectivity index (χ0v) is 10.7. The maximum Gasteiger partial charge on any atom is 0.119 e. The molecule has 0 fully saturated rings. The topological polar surface area (TPSA) is 17.4 Å². The second-order valence-electron chi connectivity index (χ2n) is 4.85. The van der Waals surface area contributed by atoms with E-state index in [2.05, 4.69) is 35.6 Å². The van der Waals surface area contributed by atoms with Crippen LogP contribution in [0.1, 0.15) is 11.3 Å². The quantitative estimate of drug-likeness (QED) is 0.748. The summed E-state index contributed by atoms with van der Waals surface area (Å²) >= 11 is 0. The molecule has 3 rings (SSSR count). The molecule has 17 heavy (non-hydrogen) atoms. The van der Waals surface area contributed by atoms with Crippen molar-refractivity contribution >= 4 is 10.9 Å². The predicted molar refractivity (Wildman–Crippen MR) is 69.6 cm³/mol. The molecule has 1 aromatic carbocycles. The Kier molecular flexibility index (Phi) is 2.37. The van der Waals surface area contributed by atoms with Crippen LogP contribution < -0.4 is 4.74 Å². The number of aryl methyl sites for hydroxylation is 1. The third-order valence-electron chi connectivity index (χ3n) is 3.77. The van der Waals surface area contributed by atoms with Crippen LogP contribution >= 0.6 is 0 Å². The van der Waals surface area contributed by atoms with Crippen molar-refractivity contribution in [2.75, 3.05) is 20.7 Å². The van der Waals surface area contributed by atoms with Gasteiger partial charge >= 0.3 is 0 Å². The van der Waals surface area contributed by atoms with Gasteiger partial charge in [0.15, 0.2) is 0 Å². The van der Waals surface area contributed by atoms with Crippen LogP contribution in [0.15, 0.2) is 18.2 Å². The molecule has 3 heteroatoms. The van der Waals surface area contributed by atoms with E-state index in [1.807, 2.05) is 6.07 Å². The smallest absolute Gasteiger partial charge is 0.119 e. The summed E-state index contributed by atoms with van der Waals surface area (Å²) in [5, 5.41) is 1.33. The molecular formula is C14H18N2O. The molecule has 90 valence electrons. The molecule has 2 heterocycles. The SMILES string of the molecule is COc1ccc2c(c1)c(C)c1n2CN(C)CC1. The highest BCUT2D eigenvalue weighted by molar-refractivity contribution is 5.86. The van der Waals surface area contributed by atoms with Gasteiger partial charge in [0, 0.05) is 29.6 Å². The average molecular weight is 230 g/mol. The molecular weight excluding hydrogens is 212 g/mol. The van der Waals surface area contributed by atoms with Gasteiger partial charge in [-0.1, -0.05) is 0 Å². The van der Waals surface area contributed by atoms with E-state index in [0.717, 1.165) is 25.4 Å². The Morgan fingerprint density at radius 1 is 1.29 bits per heavy atom. The summed E-state index contributed by atoms with van der Waals surface area (Å²) in [5.74, 6) is 0.942. The summed E-state index contributed by atoms with van der Waals surface area (Å²) in [6, 6.07) is 6.36. The second-order valence-corrected chi connectivity index (χ2v) is 4.85. The van der Waals surface area contributed by atoms with Crippen molar-refractivity contribution in [2.24, 2.45) is 0 Å². The molecule has 0 N–H and O–H groups in total. The number of aromatic nitrogens is 1. The van der Waals surface area contributed by atoms with Gasteiger partial charge in [-0.2, -0.15) is 0 Å². The number of ether oxygens (including phenoxy) is 1.